The summed E-state index contributed by atoms with van der Waals surface area (Å²) in [4.78, 5) is 24.5. The Morgan fingerprint density at radius 2 is 1.65 bits per heavy atom. The number of sulfone groups is 1. The second-order valence-electron chi connectivity index (χ2n) is 5.66. The molecule has 2 rings (SSSR count). The molecule has 0 radical (unpaired) electrons. The second kappa shape index (κ2) is 8.62. The number of carbonyl (C=O) groups excluding carboxylic acids is 2. The topological polar surface area (TPSA) is 89.5 Å². The van der Waals surface area contributed by atoms with Crippen LogP contribution in [0.25, 0.3) is 0 Å². The zero-order valence-corrected chi connectivity index (χ0v) is 15.5. The third-order valence-corrected chi connectivity index (χ3v) is 5.72. The number of para-hydroxylation sites is 2. The molecule has 0 aliphatic rings. The molecule has 1 unspecified atom stereocenters. The van der Waals surface area contributed by atoms with E-state index < -0.39 is 32.5 Å². The molecule has 0 spiro atoms. The lowest BCUT2D eigenvalue weighted by atomic mass is 10.1. The summed E-state index contributed by atoms with van der Waals surface area (Å²) in [6.45, 7) is 3.51. The van der Waals surface area contributed by atoms with Crippen molar-refractivity contribution in [3.05, 3.63) is 60.2 Å². The van der Waals surface area contributed by atoms with Crippen LogP contribution < -0.4 is 10.1 Å². The summed E-state index contributed by atoms with van der Waals surface area (Å²) in [6.07, 6.45) is 0. The van der Waals surface area contributed by atoms with Crippen molar-refractivity contribution in [2.75, 3.05) is 17.7 Å². The first kappa shape index (κ1) is 19.7. The van der Waals surface area contributed by atoms with E-state index in [9.17, 15) is 18.0 Å². The van der Waals surface area contributed by atoms with Gasteiger partial charge in [-0.3, -0.25) is 9.59 Å². The standard InChI is InChI=1S/C19H21NO5S/c1-3-25-17-12-8-7-11-16(17)20-18(21)13-26(23,24)14(2)19(22)15-9-5-4-6-10-15/h4-12,14H,3,13H2,1-2H3,(H,20,21). The normalized spacial score (nSPS) is 12.2. The van der Waals surface area contributed by atoms with Crippen molar-refractivity contribution in [3.8, 4) is 5.75 Å². The number of amides is 1. The fraction of sp³-hybridized carbons (Fsp3) is 0.263. The molecule has 6 nitrogen and oxygen atoms in total. The van der Waals surface area contributed by atoms with Crippen LogP contribution >= 0.6 is 0 Å². The number of hydrogen-bond donors (Lipinski definition) is 1. The van der Waals surface area contributed by atoms with Gasteiger partial charge in [0, 0.05) is 5.56 Å². The maximum absolute atomic E-state index is 12.4. The van der Waals surface area contributed by atoms with Crippen molar-refractivity contribution in [1.82, 2.24) is 0 Å². The van der Waals surface area contributed by atoms with Crippen molar-refractivity contribution < 1.29 is 22.7 Å². The molecule has 0 aliphatic heterocycles. The number of nitrogens with one attached hydrogen (secondary N) is 1. The number of rotatable bonds is 8. The third-order valence-electron chi connectivity index (χ3n) is 3.76. The van der Waals surface area contributed by atoms with Crippen molar-refractivity contribution in [2.24, 2.45) is 0 Å². The van der Waals surface area contributed by atoms with Crippen molar-refractivity contribution >= 4 is 27.2 Å². The molecule has 0 aliphatic carbocycles. The number of Topliss-reactive ketones (excluding diaryl/α,β-unsaturated/α-hetero) is 1. The Balaban J connectivity index is 2.09. The zero-order chi connectivity index (χ0) is 19.2. The van der Waals surface area contributed by atoms with Gasteiger partial charge >= 0.3 is 0 Å². The van der Waals surface area contributed by atoms with E-state index in [-0.39, 0.29) is 0 Å². The van der Waals surface area contributed by atoms with Gasteiger partial charge in [0.2, 0.25) is 5.91 Å². The lowest BCUT2D eigenvalue weighted by Crippen LogP contribution is -2.34. The summed E-state index contributed by atoms with van der Waals surface area (Å²) >= 11 is 0. The van der Waals surface area contributed by atoms with Crippen molar-refractivity contribution in [3.63, 3.8) is 0 Å². The molecule has 1 amide bonds. The molecule has 2 aromatic carbocycles. The molecule has 138 valence electrons. The van der Waals surface area contributed by atoms with E-state index in [1.54, 1.807) is 61.5 Å². The fourth-order valence-corrected chi connectivity index (χ4v) is 3.50. The summed E-state index contributed by atoms with van der Waals surface area (Å²) in [5.41, 5.74) is 0.683. The molecule has 1 N–H and O–H groups in total. The highest BCUT2D eigenvalue weighted by atomic mass is 32.2. The van der Waals surface area contributed by atoms with Crippen molar-refractivity contribution in [2.45, 2.75) is 19.1 Å². The highest BCUT2D eigenvalue weighted by Crippen LogP contribution is 2.23. The van der Waals surface area contributed by atoms with Gasteiger partial charge in [-0.15, -0.1) is 0 Å². The van der Waals surface area contributed by atoms with Gasteiger partial charge in [0.05, 0.1) is 12.3 Å². The molecule has 0 aromatic heterocycles. The van der Waals surface area contributed by atoms with Gasteiger partial charge in [-0.25, -0.2) is 8.42 Å². The van der Waals surface area contributed by atoms with E-state index in [1.165, 1.54) is 6.92 Å². The average Bonchev–Trinajstić information content (AvgIpc) is 2.62. The van der Waals surface area contributed by atoms with Gasteiger partial charge < -0.3 is 10.1 Å². The van der Waals surface area contributed by atoms with E-state index in [1.807, 2.05) is 0 Å². The number of ether oxygens (including phenoxy) is 1. The Bertz CT molecular complexity index is 878. The quantitative estimate of drug-likeness (QED) is 0.717. The van der Waals surface area contributed by atoms with E-state index in [2.05, 4.69) is 5.32 Å². The van der Waals surface area contributed by atoms with Crippen LogP contribution in [0.4, 0.5) is 5.69 Å². The number of hydrogen-bond acceptors (Lipinski definition) is 5. The second-order valence-corrected chi connectivity index (χ2v) is 7.98. The number of benzene rings is 2. The lowest BCUT2D eigenvalue weighted by Gasteiger charge is -2.14. The van der Waals surface area contributed by atoms with Gasteiger partial charge in [0.25, 0.3) is 0 Å². The third kappa shape index (κ3) is 4.92. The van der Waals surface area contributed by atoms with Crippen LogP contribution in [0.2, 0.25) is 0 Å². The largest absolute Gasteiger partial charge is 0.492 e. The summed E-state index contributed by atoms with van der Waals surface area (Å²) in [5.74, 6) is -1.58. The molecule has 2 aromatic rings. The van der Waals surface area contributed by atoms with Crippen LogP contribution in [0.5, 0.6) is 5.75 Å². The Hall–Kier alpha value is -2.67. The Labute approximate surface area is 153 Å². The molecule has 0 heterocycles. The van der Waals surface area contributed by atoms with Gasteiger partial charge in [0.15, 0.2) is 15.6 Å². The minimum Gasteiger partial charge on any atom is -0.492 e. The van der Waals surface area contributed by atoms with E-state index in [0.717, 1.165) is 0 Å². The molecular weight excluding hydrogens is 354 g/mol. The predicted octanol–water partition coefficient (Wildman–Crippen LogP) is 2.71. The van der Waals surface area contributed by atoms with Gasteiger partial charge in [-0.1, -0.05) is 42.5 Å². The predicted molar refractivity (Wildman–Crippen MR) is 100 cm³/mol. The molecule has 26 heavy (non-hydrogen) atoms. The van der Waals surface area contributed by atoms with Gasteiger partial charge in [-0.2, -0.15) is 0 Å². The first-order valence-corrected chi connectivity index (χ1v) is 9.89. The fourth-order valence-electron chi connectivity index (χ4n) is 2.35. The molecule has 0 saturated heterocycles. The van der Waals surface area contributed by atoms with Gasteiger partial charge in [0.1, 0.15) is 16.8 Å². The molecule has 7 heteroatoms. The molecule has 0 bridgehead atoms. The molecule has 0 saturated carbocycles. The zero-order valence-electron chi connectivity index (χ0n) is 14.6. The maximum atomic E-state index is 12.4. The summed E-state index contributed by atoms with van der Waals surface area (Å²) < 4.78 is 30.3. The summed E-state index contributed by atoms with van der Waals surface area (Å²) in [6, 6.07) is 14.9. The number of anilines is 1. The van der Waals surface area contributed by atoms with Crippen LogP contribution in [0.1, 0.15) is 24.2 Å². The van der Waals surface area contributed by atoms with Crippen LogP contribution in [0, 0.1) is 0 Å². The summed E-state index contributed by atoms with van der Waals surface area (Å²) in [5, 5.41) is 1.22. The highest BCUT2D eigenvalue weighted by molar-refractivity contribution is 7.93. The first-order valence-electron chi connectivity index (χ1n) is 8.17. The van der Waals surface area contributed by atoms with Crippen LogP contribution in [0.3, 0.4) is 0 Å². The number of carbonyl (C=O) groups is 2. The lowest BCUT2D eigenvalue weighted by molar-refractivity contribution is -0.113. The minimum atomic E-state index is -3.95. The maximum Gasteiger partial charge on any atom is 0.239 e. The van der Waals surface area contributed by atoms with E-state index in [0.29, 0.717) is 23.6 Å². The van der Waals surface area contributed by atoms with Crippen LogP contribution in [-0.2, 0) is 14.6 Å². The number of ketones is 1. The summed E-state index contributed by atoms with van der Waals surface area (Å²) in [7, 11) is -3.95. The Kier molecular flexibility index (Phi) is 6.52. The van der Waals surface area contributed by atoms with Crippen LogP contribution in [0.15, 0.2) is 54.6 Å². The van der Waals surface area contributed by atoms with Crippen LogP contribution in [-0.4, -0.2) is 37.7 Å². The van der Waals surface area contributed by atoms with E-state index in [4.69, 9.17) is 4.74 Å². The molecule has 0 fully saturated rings. The Morgan fingerprint density at radius 3 is 2.31 bits per heavy atom. The van der Waals surface area contributed by atoms with E-state index >= 15 is 0 Å². The SMILES string of the molecule is CCOc1ccccc1NC(=O)CS(=O)(=O)C(C)C(=O)c1ccccc1. The van der Waals surface area contributed by atoms with Crippen molar-refractivity contribution in [1.29, 1.82) is 0 Å². The highest BCUT2D eigenvalue weighted by Gasteiger charge is 2.31. The Morgan fingerprint density at radius 1 is 1.04 bits per heavy atom. The molecular formula is C19H21NO5S. The average molecular weight is 375 g/mol. The monoisotopic (exact) mass is 375 g/mol. The van der Waals surface area contributed by atoms with Gasteiger partial charge in [-0.05, 0) is 26.0 Å². The first-order chi connectivity index (χ1) is 12.3. The smallest absolute Gasteiger partial charge is 0.239 e. The molecule has 1 atom stereocenters. The minimum absolute atomic E-state index is 0.297.